The molecule has 2 amide bonds. The Balaban J connectivity index is 1.57. The normalized spacial score (nSPS) is 21.6. The first kappa shape index (κ1) is 19.4. The van der Waals surface area contributed by atoms with Crippen molar-refractivity contribution in [1.29, 1.82) is 0 Å². The van der Waals surface area contributed by atoms with Crippen LogP contribution in [0.25, 0.3) is 0 Å². The molecule has 2 saturated heterocycles. The number of nitrogens with zero attached hydrogens (tertiary/aromatic N) is 2. The van der Waals surface area contributed by atoms with Crippen molar-refractivity contribution < 1.29 is 19.1 Å². The first-order valence-electron chi connectivity index (χ1n) is 9.64. The lowest BCUT2D eigenvalue weighted by Crippen LogP contribution is -2.52. The summed E-state index contributed by atoms with van der Waals surface area (Å²) in [4.78, 5) is 40.2. The van der Waals surface area contributed by atoms with Crippen molar-refractivity contribution in [2.24, 2.45) is 0 Å². The molecule has 146 valence electrons. The van der Waals surface area contributed by atoms with Gasteiger partial charge in [0, 0.05) is 38.5 Å². The second-order valence-corrected chi connectivity index (χ2v) is 7.60. The predicted molar refractivity (Wildman–Crippen MR) is 101 cm³/mol. The number of carbonyl (C=O) groups excluding carboxylic acids is 3. The second kappa shape index (κ2) is 8.11. The molecule has 0 radical (unpaired) electrons. The highest BCUT2D eigenvalue weighted by Gasteiger charge is 2.50. The molecule has 1 atom stereocenters. The van der Waals surface area contributed by atoms with E-state index in [1.807, 2.05) is 47.2 Å². The quantitative estimate of drug-likeness (QED) is 0.744. The zero-order chi connectivity index (χ0) is 19.4. The van der Waals surface area contributed by atoms with Gasteiger partial charge in [-0.1, -0.05) is 30.3 Å². The molecule has 27 heavy (non-hydrogen) atoms. The van der Waals surface area contributed by atoms with Crippen LogP contribution in [0.5, 0.6) is 0 Å². The molecule has 2 heterocycles. The molecular weight excluding hydrogens is 344 g/mol. The fourth-order valence-corrected chi connectivity index (χ4v) is 4.37. The van der Waals surface area contributed by atoms with Crippen molar-refractivity contribution >= 4 is 17.8 Å². The Kier molecular flexibility index (Phi) is 5.82. The number of carbonyl (C=O) groups is 3. The van der Waals surface area contributed by atoms with Gasteiger partial charge in [-0.15, -0.1) is 0 Å². The van der Waals surface area contributed by atoms with Crippen LogP contribution in [-0.4, -0.2) is 60.4 Å². The highest BCUT2D eigenvalue weighted by atomic mass is 16.5. The smallest absolute Gasteiger partial charge is 0.305 e. The standard InChI is InChI=1S/C21H28N2O4/c1-22-20(26)17(16-7-4-3-5-8-16)15-21(22)11-13-23(14-12-21)18(24)9-6-10-19(25)27-2/h3-5,7-8,17H,6,9-15H2,1-2H3/t17-/m1/s1. The minimum absolute atomic E-state index is 0.0836. The minimum atomic E-state index is -0.279. The number of methoxy groups -OCH3 is 1. The number of hydrogen-bond donors (Lipinski definition) is 0. The van der Waals surface area contributed by atoms with Gasteiger partial charge >= 0.3 is 5.97 Å². The molecule has 0 aliphatic carbocycles. The monoisotopic (exact) mass is 372 g/mol. The SMILES string of the molecule is COC(=O)CCCC(=O)N1CCC2(CC1)C[C@H](c1ccccc1)C(=O)N2C. The third kappa shape index (κ3) is 3.99. The van der Waals surface area contributed by atoms with E-state index in [2.05, 4.69) is 4.74 Å². The van der Waals surface area contributed by atoms with Crippen LogP contribution in [0.4, 0.5) is 0 Å². The van der Waals surface area contributed by atoms with Crippen molar-refractivity contribution in [2.75, 3.05) is 27.2 Å². The lowest BCUT2D eigenvalue weighted by molar-refractivity contribution is -0.141. The van der Waals surface area contributed by atoms with Gasteiger partial charge in [0.05, 0.1) is 13.0 Å². The summed E-state index contributed by atoms with van der Waals surface area (Å²) in [5, 5.41) is 0. The number of ether oxygens (including phenoxy) is 1. The van der Waals surface area contributed by atoms with E-state index in [1.54, 1.807) is 0 Å². The van der Waals surface area contributed by atoms with E-state index in [0.29, 0.717) is 25.9 Å². The van der Waals surface area contributed by atoms with Crippen LogP contribution in [0.3, 0.4) is 0 Å². The van der Waals surface area contributed by atoms with Crippen LogP contribution < -0.4 is 0 Å². The topological polar surface area (TPSA) is 66.9 Å². The first-order chi connectivity index (χ1) is 13.0. The van der Waals surface area contributed by atoms with Gasteiger partial charge in [0.1, 0.15) is 0 Å². The summed E-state index contributed by atoms with van der Waals surface area (Å²) in [6.07, 6.45) is 3.58. The Labute approximate surface area is 160 Å². The molecule has 1 aromatic rings. The van der Waals surface area contributed by atoms with Gasteiger partial charge in [0.15, 0.2) is 0 Å². The average molecular weight is 372 g/mol. The van der Waals surface area contributed by atoms with Gasteiger partial charge in [-0.25, -0.2) is 0 Å². The van der Waals surface area contributed by atoms with E-state index in [9.17, 15) is 14.4 Å². The van der Waals surface area contributed by atoms with Crippen LogP contribution in [0.2, 0.25) is 0 Å². The van der Waals surface area contributed by atoms with Crippen molar-refractivity contribution in [1.82, 2.24) is 9.80 Å². The molecule has 1 aromatic carbocycles. The summed E-state index contributed by atoms with van der Waals surface area (Å²) in [5.74, 6) is -0.101. The van der Waals surface area contributed by atoms with Crippen molar-refractivity contribution in [3.63, 3.8) is 0 Å². The summed E-state index contributed by atoms with van der Waals surface area (Å²) in [5.41, 5.74) is 0.924. The largest absolute Gasteiger partial charge is 0.469 e. The lowest BCUT2D eigenvalue weighted by atomic mass is 9.81. The average Bonchev–Trinajstić information content (AvgIpc) is 2.94. The summed E-state index contributed by atoms with van der Waals surface area (Å²) >= 11 is 0. The number of hydrogen-bond acceptors (Lipinski definition) is 4. The molecule has 6 nitrogen and oxygen atoms in total. The molecule has 0 bridgehead atoms. The van der Waals surface area contributed by atoms with Gasteiger partial charge < -0.3 is 14.5 Å². The molecule has 2 aliphatic heterocycles. The molecule has 6 heteroatoms. The zero-order valence-electron chi connectivity index (χ0n) is 16.1. The Hall–Kier alpha value is -2.37. The van der Waals surface area contributed by atoms with E-state index in [1.165, 1.54) is 7.11 Å². The van der Waals surface area contributed by atoms with E-state index in [-0.39, 0.29) is 35.7 Å². The van der Waals surface area contributed by atoms with Gasteiger partial charge in [-0.05, 0) is 31.2 Å². The second-order valence-electron chi connectivity index (χ2n) is 7.60. The Morgan fingerprint density at radius 3 is 2.44 bits per heavy atom. The molecule has 0 saturated carbocycles. The van der Waals surface area contributed by atoms with Gasteiger partial charge in [-0.2, -0.15) is 0 Å². The molecule has 3 rings (SSSR count). The fraction of sp³-hybridized carbons (Fsp3) is 0.571. The van der Waals surface area contributed by atoms with Crippen LogP contribution in [0.15, 0.2) is 30.3 Å². The predicted octanol–water partition coefficient (Wildman–Crippen LogP) is 2.34. The molecule has 2 aliphatic rings. The van der Waals surface area contributed by atoms with Crippen LogP contribution in [-0.2, 0) is 19.1 Å². The summed E-state index contributed by atoms with van der Waals surface area (Å²) in [6, 6.07) is 9.96. The Morgan fingerprint density at radius 1 is 1.15 bits per heavy atom. The molecule has 2 fully saturated rings. The van der Waals surface area contributed by atoms with E-state index in [4.69, 9.17) is 0 Å². The number of benzene rings is 1. The van der Waals surface area contributed by atoms with Crippen molar-refractivity contribution in [2.45, 2.75) is 50.0 Å². The van der Waals surface area contributed by atoms with Gasteiger partial charge in [0.25, 0.3) is 0 Å². The Bertz CT molecular complexity index is 695. The minimum Gasteiger partial charge on any atom is -0.469 e. The van der Waals surface area contributed by atoms with E-state index in [0.717, 1.165) is 24.8 Å². The van der Waals surface area contributed by atoms with Gasteiger partial charge in [0.2, 0.25) is 11.8 Å². The van der Waals surface area contributed by atoms with Crippen molar-refractivity contribution in [3.05, 3.63) is 35.9 Å². The fourth-order valence-electron chi connectivity index (χ4n) is 4.37. The van der Waals surface area contributed by atoms with Crippen LogP contribution in [0, 0.1) is 0 Å². The Morgan fingerprint density at radius 2 is 1.81 bits per heavy atom. The van der Waals surface area contributed by atoms with E-state index < -0.39 is 0 Å². The molecule has 0 aromatic heterocycles. The number of rotatable bonds is 5. The summed E-state index contributed by atoms with van der Waals surface area (Å²) in [7, 11) is 3.26. The molecule has 0 unspecified atom stereocenters. The number of likely N-dealkylation sites (tertiary alicyclic amines) is 2. The highest BCUT2D eigenvalue weighted by Crippen LogP contribution is 2.44. The van der Waals surface area contributed by atoms with Gasteiger partial charge in [-0.3, -0.25) is 14.4 Å². The maximum atomic E-state index is 12.8. The highest BCUT2D eigenvalue weighted by molar-refractivity contribution is 5.87. The number of likely N-dealkylation sites (N-methyl/N-ethyl adjacent to an activating group) is 1. The number of esters is 1. The molecule has 1 spiro atoms. The molecular formula is C21H28N2O4. The third-order valence-corrected chi connectivity index (χ3v) is 6.17. The van der Waals surface area contributed by atoms with E-state index >= 15 is 0 Å². The number of piperidine rings is 1. The van der Waals surface area contributed by atoms with Crippen LogP contribution in [0.1, 0.15) is 50.0 Å². The maximum Gasteiger partial charge on any atom is 0.305 e. The summed E-state index contributed by atoms with van der Waals surface area (Å²) < 4.78 is 4.61. The van der Waals surface area contributed by atoms with Crippen molar-refractivity contribution in [3.8, 4) is 0 Å². The van der Waals surface area contributed by atoms with Crippen LogP contribution >= 0.6 is 0 Å². The maximum absolute atomic E-state index is 12.8. The summed E-state index contributed by atoms with van der Waals surface area (Å²) in [6.45, 7) is 1.33. The first-order valence-corrected chi connectivity index (χ1v) is 9.64. The third-order valence-electron chi connectivity index (χ3n) is 6.17. The number of amides is 2. The lowest BCUT2D eigenvalue weighted by Gasteiger charge is -2.43. The molecule has 0 N–H and O–H groups in total. The zero-order valence-corrected chi connectivity index (χ0v) is 16.1.